The summed E-state index contributed by atoms with van der Waals surface area (Å²) in [6, 6.07) is 4.10. The number of nitrogens with zero attached hydrogens (tertiary/aromatic N) is 1. The number of anilines is 1. The molecular weight excluding hydrogens is 234 g/mol. The summed E-state index contributed by atoms with van der Waals surface area (Å²) in [5, 5.41) is 0. The van der Waals surface area contributed by atoms with Crippen LogP contribution in [0.4, 0.5) is 5.69 Å². The molecule has 1 aromatic carbocycles. The van der Waals surface area contributed by atoms with Gasteiger partial charge in [-0.05, 0) is 62.8 Å². The standard InChI is InChI=1S/C17H25NO/c1-6-7-18-16-12(2)8-14(11-19)9-15(16)13(3)10-17(18,4)5/h8-9,11,13H,6-7,10H2,1-5H3/t13-/m0/s1. The van der Waals surface area contributed by atoms with E-state index >= 15 is 0 Å². The molecule has 0 amide bonds. The third-order valence-electron chi connectivity index (χ3n) is 4.27. The number of carbonyl (C=O) groups excluding carboxylic acids is 1. The van der Waals surface area contributed by atoms with E-state index in [9.17, 15) is 4.79 Å². The van der Waals surface area contributed by atoms with Crippen molar-refractivity contribution in [2.45, 2.75) is 58.9 Å². The smallest absolute Gasteiger partial charge is 0.150 e. The number of rotatable bonds is 3. The number of fused-ring (bicyclic) bond motifs is 1. The minimum atomic E-state index is 0.190. The van der Waals surface area contributed by atoms with Crippen LogP contribution in [0.5, 0.6) is 0 Å². The van der Waals surface area contributed by atoms with E-state index in [-0.39, 0.29) is 5.54 Å². The minimum absolute atomic E-state index is 0.190. The van der Waals surface area contributed by atoms with Crippen LogP contribution in [0.1, 0.15) is 67.9 Å². The molecular formula is C17H25NO. The molecule has 1 aromatic rings. The van der Waals surface area contributed by atoms with Gasteiger partial charge >= 0.3 is 0 Å². The number of carbonyl (C=O) groups is 1. The molecule has 19 heavy (non-hydrogen) atoms. The van der Waals surface area contributed by atoms with E-state index in [1.54, 1.807) is 0 Å². The Kier molecular flexibility index (Phi) is 3.71. The van der Waals surface area contributed by atoms with Crippen molar-refractivity contribution >= 4 is 12.0 Å². The maximum atomic E-state index is 11.1. The van der Waals surface area contributed by atoms with Crippen molar-refractivity contribution in [1.29, 1.82) is 0 Å². The number of aldehydes is 1. The molecule has 2 heteroatoms. The highest BCUT2D eigenvalue weighted by molar-refractivity contribution is 5.79. The van der Waals surface area contributed by atoms with Gasteiger partial charge in [0.25, 0.3) is 0 Å². The molecule has 0 bridgehead atoms. The summed E-state index contributed by atoms with van der Waals surface area (Å²) >= 11 is 0. The lowest BCUT2D eigenvalue weighted by Crippen LogP contribution is -2.49. The molecule has 0 aliphatic carbocycles. The topological polar surface area (TPSA) is 20.3 Å². The number of benzene rings is 1. The second-order valence-corrected chi connectivity index (χ2v) is 6.46. The van der Waals surface area contributed by atoms with Crippen molar-refractivity contribution in [2.24, 2.45) is 0 Å². The lowest BCUT2D eigenvalue weighted by atomic mass is 9.78. The zero-order valence-electron chi connectivity index (χ0n) is 12.8. The van der Waals surface area contributed by atoms with Gasteiger partial charge in [0.05, 0.1) is 0 Å². The Morgan fingerprint density at radius 1 is 1.42 bits per heavy atom. The van der Waals surface area contributed by atoms with Gasteiger partial charge in [-0.2, -0.15) is 0 Å². The third-order valence-corrected chi connectivity index (χ3v) is 4.27. The van der Waals surface area contributed by atoms with Crippen molar-refractivity contribution in [3.63, 3.8) is 0 Å². The van der Waals surface area contributed by atoms with E-state index in [0.717, 1.165) is 31.2 Å². The van der Waals surface area contributed by atoms with Crippen LogP contribution in [0.25, 0.3) is 0 Å². The molecule has 1 atom stereocenters. The summed E-state index contributed by atoms with van der Waals surface area (Å²) in [5.41, 5.74) is 4.92. The highest BCUT2D eigenvalue weighted by atomic mass is 16.1. The first-order valence-corrected chi connectivity index (χ1v) is 7.28. The molecule has 0 saturated heterocycles. The number of aryl methyl sites for hydroxylation is 1. The number of hydrogen-bond donors (Lipinski definition) is 0. The molecule has 1 heterocycles. The van der Waals surface area contributed by atoms with Crippen LogP contribution in [-0.2, 0) is 0 Å². The van der Waals surface area contributed by atoms with Gasteiger partial charge < -0.3 is 4.90 Å². The Bertz CT molecular complexity index is 490. The Morgan fingerprint density at radius 2 is 2.11 bits per heavy atom. The molecule has 0 radical (unpaired) electrons. The SMILES string of the molecule is CCCN1c2c(C)cc(C=O)cc2[C@@H](C)CC1(C)C. The molecule has 1 aliphatic heterocycles. The van der Waals surface area contributed by atoms with Gasteiger partial charge in [-0.1, -0.05) is 13.8 Å². The van der Waals surface area contributed by atoms with E-state index < -0.39 is 0 Å². The highest BCUT2D eigenvalue weighted by Gasteiger charge is 2.36. The number of hydrogen-bond acceptors (Lipinski definition) is 2. The van der Waals surface area contributed by atoms with Crippen molar-refractivity contribution in [2.75, 3.05) is 11.4 Å². The molecule has 0 N–H and O–H groups in total. The van der Waals surface area contributed by atoms with Gasteiger partial charge in [0.1, 0.15) is 6.29 Å². The van der Waals surface area contributed by atoms with Crippen LogP contribution >= 0.6 is 0 Å². The van der Waals surface area contributed by atoms with Crippen molar-refractivity contribution in [1.82, 2.24) is 0 Å². The predicted molar refractivity (Wildman–Crippen MR) is 81.3 cm³/mol. The summed E-state index contributed by atoms with van der Waals surface area (Å²) in [4.78, 5) is 13.6. The van der Waals surface area contributed by atoms with Crippen molar-refractivity contribution in [3.8, 4) is 0 Å². The van der Waals surface area contributed by atoms with Crippen LogP contribution in [0, 0.1) is 6.92 Å². The van der Waals surface area contributed by atoms with Crippen LogP contribution < -0.4 is 4.90 Å². The van der Waals surface area contributed by atoms with E-state index in [1.165, 1.54) is 16.8 Å². The molecule has 2 nitrogen and oxygen atoms in total. The average Bonchev–Trinajstić information content (AvgIpc) is 2.33. The van der Waals surface area contributed by atoms with Crippen LogP contribution in [0.3, 0.4) is 0 Å². The molecule has 0 fully saturated rings. The first kappa shape index (κ1) is 14.1. The Hall–Kier alpha value is -1.31. The summed E-state index contributed by atoms with van der Waals surface area (Å²) in [7, 11) is 0. The zero-order valence-corrected chi connectivity index (χ0v) is 12.8. The van der Waals surface area contributed by atoms with E-state index in [2.05, 4.69) is 45.6 Å². The third kappa shape index (κ3) is 2.41. The summed E-state index contributed by atoms with van der Waals surface area (Å²) in [5.74, 6) is 0.511. The molecule has 0 spiro atoms. The Labute approximate surface area is 116 Å². The fraction of sp³-hybridized carbons (Fsp3) is 0.588. The average molecular weight is 259 g/mol. The lowest BCUT2D eigenvalue weighted by molar-refractivity contribution is 0.112. The Morgan fingerprint density at radius 3 is 2.68 bits per heavy atom. The normalized spacial score (nSPS) is 21.1. The molecule has 0 aromatic heterocycles. The summed E-state index contributed by atoms with van der Waals surface area (Å²) in [6.45, 7) is 12.4. The molecule has 1 aliphatic rings. The lowest BCUT2D eigenvalue weighted by Gasteiger charge is -2.48. The van der Waals surface area contributed by atoms with Gasteiger partial charge in [0, 0.05) is 23.3 Å². The van der Waals surface area contributed by atoms with Crippen LogP contribution in [-0.4, -0.2) is 18.4 Å². The zero-order chi connectivity index (χ0) is 14.2. The molecule has 0 unspecified atom stereocenters. The van der Waals surface area contributed by atoms with Crippen molar-refractivity contribution < 1.29 is 4.79 Å². The van der Waals surface area contributed by atoms with Crippen molar-refractivity contribution in [3.05, 3.63) is 28.8 Å². The first-order valence-electron chi connectivity index (χ1n) is 7.28. The monoisotopic (exact) mass is 259 g/mol. The largest absolute Gasteiger partial charge is 0.366 e. The maximum absolute atomic E-state index is 11.1. The van der Waals surface area contributed by atoms with Gasteiger partial charge in [0.2, 0.25) is 0 Å². The van der Waals surface area contributed by atoms with Gasteiger partial charge in [0.15, 0.2) is 0 Å². The van der Waals surface area contributed by atoms with Crippen LogP contribution in [0.15, 0.2) is 12.1 Å². The van der Waals surface area contributed by atoms with Gasteiger partial charge in [-0.15, -0.1) is 0 Å². The predicted octanol–water partition coefficient (Wildman–Crippen LogP) is 4.31. The van der Waals surface area contributed by atoms with Gasteiger partial charge in [-0.25, -0.2) is 0 Å². The minimum Gasteiger partial charge on any atom is -0.366 e. The first-order chi connectivity index (χ1) is 8.90. The fourth-order valence-electron chi connectivity index (χ4n) is 3.56. The maximum Gasteiger partial charge on any atom is 0.150 e. The fourth-order valence-corrected chi connectivity index (χ4v) is 3.56. The molecule has 2 rings (SSSR count). The van der Waals surface area contributed by atoms with E-state index in [1.807, 2.05) is 6.07 Å². The summed E-state index contributed by atoms with van der Waals surface area (Å²) < 4.78 is 0. The van der Waals surface area contributed by atoms with E-state index in [0.29, 0.717) is 5.92 Å². The second-order valence-electron chi connectivity index (χ2n) is 6.46. The second kappa shape index (κ2) is 4.99. The summed E-state index contributed by atoms with van der Waals surface area (Å²) in [6.07, 6.45) is 3.25. The van der Waals surface area contributed by atoms with E-state index in [4.69, 9.17) is 0 Å². The highest BCUT2D eigenvalue weighted by Crippen LogP contribution is 2.45. The molecule has 0 saturated carbocycles. The Balaban J connectivity index is 2.61. The van der Waals surface area contributed by atoms with Crippen LogP contribution in [0.2, 0.25) is 0 Å². The van der Waals surface area contributed by atoms with Gasteiger partial charge in [-0.3, -0.25) is 4.79 Å². The quantitative estimate of drug-likeness (QED) is 0.754. The molecule has 104 valence electrons.